The Morgan fingerprint density at radius 1 is 1.27 bits per heavy atom. The topological polar surface area (TPSA) is 50.9 Å². The highest BCUT2D eigenvalue weighted by Gasteiger charge is 2.27. The lowest BCUT2D eigenvalue weighted by molar-refractivity contribution is -0.892. The summed E-state index contributed by atoms with van der Waals surface area (Å²) in [4.78, 5) is 19.3. The van der Waals surface area contributed by atoms with Gasteiger partial charge in [-0.1, -0.05) is 35.3 Å². The predicted octanol–water partition coefficient (Wildman–Crippen LogP) is 1.39. The third-order valence-corrected chi connectivity index (χ3v) is 5.28. The van der Waals surface area contributed by atoms with Crippen LogP contribution in [0.25, 0.3) is 0 Å². The summed E-state index contributed by atoms with van der Waals surface area (Å²) < 4.78 is 0. The van der Waals surface area contributed by atoms with Gasteiger partial charge in [-0.25, -0.2) is 4.98 Å². The number of aromatic amines is 1. The first-order chi connectivity index (χ1) is 12.5. The standard InChI is InChI=1S/C19H22Cl2N4O/c1-14(16-6-5-15(20)12-17(16)21)23-19(26)13-24-8-10-25(11-9-24)18-4-2-3-7-22-18/h2-7,12,14H,8-11,13H2,1H3,(H,23,26)/p+2/t14-/m1/s1. The van der Waals surface area contributed by atoms with E-state index >= 15 is 0 Å². The van der Waals surface area contributed by atoms with Gasteiger partial charge in [0, 0.05) is 16.1 Å². The second-order valence-corrected chi connectivity index (χ2v) is 7.46. The van der Waals surface area contributed by atoms with Gasteiger partial charge in [-0.3, -0.25) is 9.69 Å². The van der Waals surface area contributed by atoms with Gasteiger partial charge >= 0.3 is 0 Å². The molecular weight excluding hydrogens is 371 g/mol. The second-order valence-electron chi connectivity index (χ2n) is 6.62. The number of aromatic nitrogens is 1. The summed E-state index contributed by atoms with van der Waals surface area (Å²) in [7, 11) is 0. The molecule has 26 heavy (non-hydrogen) atoms. The number of nitrogens with one attached hydrogen (secondary N) is 3. The van der Waals surface area contributed by atoms with Crippen molar-refractivity contribution in [2.75, 3.05) is 37.6 Å². The van der Waals surface area contributed by atoms with E-state index in [0.717, 1.165) is 37.6 Å². The molecule has 1 amide bonds. The van der Waals surface area contributed by atoms with E-state index in [9.17, 15) is 4.79 Å². The average molecular weight is 395 g/mol. The number of hydrogen-bond acceptors (Lipinski definition) is 2. The Hall–Kier alpha value is -1.82. The third-order valence-electron chi connectivity index (χ3n) is 4.72. The highest BCUT2D eigenvalue weighted by atomic mass is 35.5. The van der Waals surface area contributed by atoms with Crippen LogP contribution in [0.15, 0.2) is 42.6 Å². The van der Waals surface area contributed by atoms with Crippen molar-refractivity contribution in [1.29, 1.82) is 0 Å². The number of carbonyl (C=O) groups is 1. The Labute approximate surface area is 163 Å². The van der Waals surface area contributed by atoms with Crippen LogP contribution in [0.2, 0.25) is 10.0 Å². The molecule has 0 unspecified atom stereocenters. The number of halogens is 2. The van der Waals surface area contributed by atoms with Crippen LogP contribution in [0.3, 0.4) is 0 Å². The molecule has 0 bridgehead atoms. The molecule has 0 spiro atoms. The number of nitrogens with zero attached hydrogens (tertiary/aromatic N) is 1. The molecule has 0 aliphatic carbocycles. The number of amides is 1. The van der Waals surface area contributed by atoms with Crippen molar-refractivity contribution in [3.63, 3.8) is 0 Å². The van der Waals surface area contributed by atoms with Crippen LogP contribution in [0.4, 0.5) is 5.82 Å². The van der Waals surface area contributed by atoms with Gasteiger partial charge in [0.25, 0.3) is 11.7 Å². The number of H-pyrrole nitrogens is 1. The van der Waals surface area contributed by atoms with Crippen LogP contribution in [-0.2, 0) is 4.79 Å². The zero-order valence-corrected chi connectivity index (χ0v) is 16.3. The Morgan fingerprint density at radius 3 is 2.69 bits per heavy atom. The van der Waals surface area contributed by atoms with Crippen LogP contribution in [0.1, 0.15) is 18.5 Å². The maximum absolute atomic E-state index is 12.4. The van der Waals surface area contributed by atoms with Gasteiger partial charge in [-0.05, 0) is 30.7 Å². The summed E-state index contributed by atoms with van der Waals surface area (Å²) in [6, 6.07) is 11.3. The number of carbonyl (C=O) groups excluding carboxylic acids is 1. The minimum atomic E-state index is -0.146. The van der Waals surface area contributed by atoms with Crippen molar-refractivity contribution in [3.05, 3.63) is 58.2 Å². The first-order valence-electron chi connectivity index (χ1n) is 8.82. The lowest BCUT2D eigenvalue weighted by Gasteiger charge is -2.28. The van der Waals surface area contributed by atoms with Crippen molar-refractivity contribution < 1.29 is 14.7 Å². The fourth-order valence-corrected chi connectivity index (χ4v) is 3.84. The number of benzene rings is 1. The van der Waals surface area contributed by atoms with E-state index in [2.05, 4.69) is 21.3 Å². The molecule has 0 saturated carbocycles. The predicted molar refractivity (Wildman–Crippen MR) is 104 cm³/mol. The zero-order chi connectivity index (χ0) is 18.5. The molecule has 3 rings (SSSR count). The first-order valence-corrected chi connectivity index (χ1v) is 9.58. The van der Waals surface area contributed by atoms with Gasteiger partial charge in [0.15, 0.2) is 6.54 Å². The van der Waals surface area contributed by atoms with Gasteiger partial charge in [-0.2, -0.15) is 0 Å². The van der Waals surface area contributed by atoms with Crippen molar-refractivity contribution in [2.24, 2.45) is 0 Å². The van der Waals surface area contributed by atoms with Gasteiger partial charge in [0.05, 0.1) is 12.2 Å². The van der Waals surface area contributed by atoms with Crippen molar-refractivity contribution in [1.82, 2.24) is 5.32 Å². The number of pyridine rings is 1. The summed E-state index contributed by atoms with van der Waals surface area (Å²) in [5.41, 5.74) is 0.879. The lowest BCUT2D eigenvalue weighted by Crippen LogP contribution is -3.16. The molecule has 2 heterocycles. The molecule has 5 nitrogen and oxygen atoms in total. The molecule has 2 aromatic rings. The van der Waals surface area contributed by atoms with Gasteiger partial charge in [0.2, 0.25) is 0 Å². The van der Waals surface area contributed by atoms with Crippen LogP contribution in [0, 0.1) is 0 Å². The number of piperazine rings is 1. The molecule has 1 aromatic carbocycles. The van der Waals surface area contributed by atoms with E-state index in [0.29, 0.717) is 16.6 Å². The van der Waals surface area contributed by atoms with E-state index < -0.39 is 0 Å². The molecule has 0 radical (unpaired) electrons. The van der Waals surface area contributed by atoms with E-state index in [-0.39, 0.29) is 11.9 Å². The molecule has 1 aliphatic heterocycles. The summed E-state index contributed by atoms with van der Waals surface area (Å²) in [5.74, 6) is 1.17. The first kappa shape index (κ1) is 19.0. The molecule has 1 saturated heterocycles. The molecule has 1 atom stereocenters. The van der Waals surface area contributed by atoms with E-state index in [1.165, 1.54) is 4.90 Å². The second kappa shape index (κ2) is 8.71. The lowest BCUT2D eigenvalue weighted by atomic mass is 10.1. The molecule has 138 valence electrons. The number of rotatable bonds is 5. The number of quaternary nitrogens is 1. The average Bonchev–Trinajstić information content (AvgIpc) is 2.63. The van der Waals surface area contributed by atoms with Gasteiger partial charge < -0.3 is 10.2 Å². The van der Waals surface area contributed by atoms with Gasteiger partial charge in [0.1, 0.15) is 26.2 Å². The van der Waals surface area contributed by atoms with Gasteiger partial charge in [-0.15, -0.1) is 0 Å². The fourth-order valence-electron chi connectivity index (χ4n) is 3.27. The minimum absolute atomic E-state index is 0.0400. The van der Waals surface area contributed by atoms with Crippen molar-refractivity contribution >= 4 is 34.9 Å². The van der Waals surface area contributed by atoms with Crippen molar-refractivity contribution in [3.8, 4) is 0 Å². The Bertz CT molecular complexity index is 748. The SMILES string of the molecule is C[C@@H](NC(=O)C[NH+]1CCN(c2cccc[nH+]2)CC1)c1ccc(Cl)cc1Cl. The van der Waals surface area contributed by atoms with Crippen LogP contribution in [-0.4, -0.2) is 38.6 Å². The van der Waals surface area contributed by atoms with E-state index in [1.807, 2.05) is 31.3 Å². The highest BCUT2D eigenvalue weighted by Crippen LogP contribution is 2.25. The Morgan fingerprint density at radius 2 is 2.04 bits per heavy atom. The summed E-state index contributed by atoms with van der Waals surface area (Å²) in [5, 5.41) is 4.21. The monoisotopic (exact) mass is 394 g/mol. The smallest absolute Gasteiger partial charge is 0.275 e. The molecule has 1 fully saturated rings. The van der Waals surface area contributed by atoms with Crippen LogP contribution >= 0.6 is 23.2 Å². The summed E-state index contributed by atoms with van der Waals surface area (Å²) >= 11 is 12.2. The number of hydrogen-bond donors (Lipinski definition) is 2. The van der Waals surface area contributed by atoms with E-state index in [1.54, 1.807) is 12.1 Å². The third kappa shape index (κ3) is 4.87. The number of anilines is 1. The fraction of sp³-hybridized carbons (Fsp3) is 0.368. The molecular formula is C19H24Cl2N4O+2. The van der Waals surface area contributed by atoms with Crippen LogP contribution < -0.4 is 20.1 Å². The van der Waals surface area contributed by atoms with Crippen LogP contribution in [0.5, 0.6) is 0 Å². The Balaban J connectivity index is 1.48. The minimum Gasteiger partial charge on any atom is -0.345 e. The quantitative estimate of drug-likeness (QED) is 0.804. The maximum atomic E-state index is 12.4. The highest BCUT2D eigenvalue weighted by molar-refractivity contribution is 6.35. The maximum Gasteiger partial charge on any atom is 0.275 e. The largest absolute Gasteiger partial charge is 0.345 e. The molecule has 1 aliphatic rings. The normalized spacial score (nSPS) is 16.3. The molecule has 3 N–H and O–H groups in total. The summed E-state index contributed by atoms with van der Waals surface area (Å²) in [6.45, 7) is 6.15. The zero-order valence-electron chi connectivity index (χ0n) is 14.8. The van der Waals surface area contributed by atoms with E-state index in [4.69, 9.17) is 23.2 Å². The molecule has 1 aromatic heterocycles. The summed E-state index contributed by atoms with van der Waals surface area (Å²) in [6.07, 6.45) is 1.94. The van der Waals surface area contributed by atoms with Crippen molar-refractivity contribution in [2.45, 2.75) is 13.0 Å². The molecule has 7 heteroatoms. The Kier molecular flexibility index (Phi) is 6.35.